The number of aromatic nitrogens is 1. The second kappa shape index (κ2) is 10.4. The summed E-state index contributed by atoms with van der Waals surface area (Å²) in [5, 5.41) is 0.624. The molecule has 0 saturated carbocycles. The normalized spacial score (nSPS) is 10.8. The fourth-order valence-electron chi connectivity index (χ4n) is 3.47. The van der Waals surface area contributed by atoms with E-state index in [2.05, 4.69) is 0 Å². The largest absolute Gasteiger partial charge is 0.497 e. The Bertz CT molecular complexity index is 1240. The lowest BCUT2D eigenvalue weighted by atomic mass is 10.1. The van der Waals surface area contributed by atoms with Gasteiger partial charge in [0.05, 0.1) is 37.1 Å². The van der Waals surface area contributed by atoms with Gasteiger partial charge in [0.2, 0.25) is 0 Å². The predicted octanol–water partition coefficient (Wildman–Crippen LogP) is 5.95. The monoisotopic (exact) mass is 462 g/mol. The minimum absolute atomic E-state index is 0.158. The van der Waals surface area contributed by atoms with Crippen molar-refractivity contribution in [2.75, 3.05) is 25.2 Å². The van der Waals surface area contributed by atoms with Crippen LogP contribution in [0.15, 0.2) is 66.7 Å². The fourth-order valence-corrected chi connectivity index (χ4v) is 4.46. The summed E-state index contributed by atoms with van der Waals surface area (Å²) in [5.41, 5.74) is 2.34. The van der Waals surface area contributed by atoms with Crippen molar-refractivity contribution in [3.63, 3.8) is 0 Å². The van der Waals surface area contributed by atoms with E-state index in [1.165, 1.54) is 11.3 Å². The zero-order valence-electron chi connectivity index (χ0n) is 18.9. The zero-order chi connectivity index (χ0) is 23.2. The van der Waals surface area contributed by atoms with Gasteiger partial charge in [-0.2, -0.15) is 0 Å². The molecule has 4 aromatic rings. The maximum Gasteiger partial charge on any atom is 0.260 e. The number of nitrogens with zero attached hydrogens (tertiary/aromatic N) is 2. The molecule has 0 unspecified atom stereocenters. The molecule has 0 aliphatic rings. The van der Waals surface area contributed by atoms with Gasteiger partial charge in [-0.25, -0.2) is 4.98 Å². The van der Waals surface area contributed by atoms with Crippen LogP contribution in [-0.4, -0.2) is 31.2 Å². The van der Waals surface area contributed by atoms with Crippen LogP contribution in [0.1, 0.15) is 29.8 Å². The van der Waals surface area contributed by atoms with Crippen LogP contribution in [0.5, 0.6) is 17.2 Å². The van der Waals surface area contributed by atoms with Crippen LogP contribution in [0.4, 0.5) is 5.13 Å². The number of fused-ring (bicyclic) bond motifs is 1. The van der Waals surface area contributed by atoms with Crippen molar-refractivity contribution in [2.24, 2.45) is 0 Å². The highest BCUT2D eigenvalue weighted by molar-refractivity contribution is 7.22. The molecule has 0 spiro atoms. The average Bonchev–Trinajstić information content (AvgIpc) is 3.27. The molecule has 0 aliphatic heterocycles. The number of amides is 1. The Morgan fingerprint density at radius 1 is 0.939 bits per heavy atom. The average molecular weight is 463 g/mol. The van der Waals surface area contributed by atoms with E-state index >= 15 is 0 Å². The molecule has 1 amide bonds. The van der Waals surface area contributed by atoms with Crippen molar-refractivity contribution in [3.8, 4) is 17.2 Å². The van der Waals surface area contributed by atoms with Crippen LogP contribution >= 0.6 is 11.3 Å². The third-order valence-electron chi connectivity index (χ3n) is 5.03. The molecule has 4 rings (SSSR count). The van der Waals surface area contributed by atoms with Crippen molar-refractivity contribution >= 4 is 32.6 Å². The Balaban J connectivity index is 1.75. The molecule has 0 aliphatic carbocycles. The quantitative estimate of drug-likeness (QED) is 0.308. The van der Waals surface area contributed by atoms with Crippen LogP contribution in [0.2, 0.25) is 0 Å². The molecular weight excluding hydrogens is 436 g/mol. The topological polar surface area (TPSA) is 60.9 Å². The summed E-state index contributed by atoms with van der Waals surface area (Å²) in [5.74, 6) is 1.77. The smallest absolute Gasteiger partial charge is 0.260 e. The van der Waals surface area contributed by atoms with Gasteiger partial charge in [0.1, 0.15) is 5.75 Å². The molecule has 170 valence electrons. The van der Waals surface area contributed by atoms with Gasteiger partial charge in [0.15, 0.2) is 16.6 Å². The summed E-state index contributed by atoms with van der Waals surface area (Å²) < 4.78 is 17.7. The molecule has 33 heavy (non-hydrogen) atoms. The van der Waals surface area contributed by atoms with Crippen molar-refractivity contribution in [1.82, 2.24) is 4.98 Å². The van der Waals surface area contributed by atoms with Crippen LogP contribution in [0, 0.1) is 0 Å². The Hall–Kier alpha value is -3.58. The zero-order valence-corrected chi connectivity index (χ0v) is 19.7. The molecule has 0 radical (unpaired) electrons. The van der Waals surface area contributed by atoms with E-state index < -0.39 is 0 Å². The van der Waals surface area contributed by atoms with Crippen molar-refractivity contribution < 1.29 is 19.0 Å². The third kappa shape index (κ3) is 5.09. The summed E-state index contributed by atoms with van der Waals surface area (Å²) in [6.45, 7) is 5.21. The van der Waals surface area contributed by atoms with E-state index in [4.69, 9.17) is 19.2 Å². The molecule has 0 bridgehead atoms. The number of rotatable bonds is 9. The number of hydrogen-bond acceptors (Lipinski definition) is 6. The maximum atomic E-state index is 13.7. The summed E-state index contributed by atoms with van der Waals surface area (Å²) >= 11 is 1.46. The lowest BCUT2D eigenvalue weighted by Gasteiger charge is -2.21. The molecule has 1 heterocycles. The molecule has 3 aromatic carbocycles. The highest BCUT2D eigenvalue weighted by Crippen LogP contribution is 2.34. The minimum Gasteiger partial charge on any atom is -0.497 e. The number of carbonyl (C=O) groups is 1. The van der Waals surface area contributed by atoms with Crippen LogP contribution in [-0.2, 0) is 6.54 Å². The minimum atomic E-state index is -0.158. The molecule has 0 atom stereocenters. The molecule has 1 aromatic heterocycles. The first-order chi connectivity index (χ1) is 16.1. The summed E-state index contributed by atoms with van der Waals surface area (Å²) in [6.07, 6.45) is 0. The van der Waals surface area contributed by atoms with E-state index in [1.54, 1.807) is 30.2 Å². The van der Waals surface area contributed by atoms with Gasteiger partial charge < -0.3 is 14.2 Å². The molecule has 6 nitrogen and oxygen atoms in total. The van der Waals surface area contributed by atoms with Crippen LogP contribution in [0.3, 0.4) is 0 Å². The van der Waals surface area contributed by atoms with Crippen LogP contribution < -0.4 is 19.1 Å². The number of anilines is 1. The first-order valence-corrected chi connectivity index (χ1v) is 11.6. The molecule has 0 N–H and O–H groups in total. The van der Waals surface area contributed by atoms with Gasteiger partial charge in [-0.15, -0.1) is 0 Å². The van der Waals surface area contributed by atoms with Gasteiger partial charge in [0, 0.05) is 5.56 Å². The Kier molecular flexibility index (Phi) is 7.10. The maximum absolute atomic E-state index is 13.7. The van der Waals surface area contributed by atoms with Gasteiger partial charge >= 0.3 is 0 Å². The standard InChI is InChI=1S/C26H26N2O4S/c1-4-31-22-14-11-19(15-23(22)32-5-2)25(29)28(17-18-9-7-6-8-10-18)26-27-21-13-12-20(30-3)16-24(21)33-26/h6-16H,4-5,17H2,1-3H3. The van der Waals surface area contributed by atoms with E-state index in [0.29, 0.717) is 42.0 Å². The number of thiazole rings is 1. The second-order valence-corrected chi connectivity index (χ2v) is 8.24. The van der Waals surface area contributed by atoms with Crippen LogP contribution in [0.25, 0.3) is 10.2 Å². The fraction of sp³-hybridized carbons (Fsp3) is 0.231. The SMILES string of the molecule is CCOc1ccc(C(=O)N(Cc2ccccc2)c2nc3ccc(OC)cc3s2)cc1OCC. The summed E-state index contributed by atoms with van der Waals surface area (Å²) in [7, 11) is 1.64. The van der Waals surface area contributed by atoms with Gasteiger partial charge in [-0.3, -0.25) is 9.69 Å². The molecule has 0 fully saturated rings. The number of benzene rings is 3. The number of ether oxygens (including phenoxy) is 3. The van der Waals surface area contributed by atoms with E-state index in [9.17, 15) is 4.79 Å². The van der Waals surface area contributed by atoms with Crippen molar-refractivity contribution in [1.29, 1.82) is 0 Å². The number of methoxy groups -OCH3 is 1. The summed E-state index contributed by atoms with van der Waals surface area (Å²) in [6, 6.07) is 20.9. The first-order valence-electron chi connectivity index (χ1n) is 10.8. The number of carbonyl (C=O) groups excluding carboxylic acids is 1. The number of hydrogen-bond donors (Lipinski definition) is 0. The Labute approximate surface area is 197 Å². The third-order valence-corrected chi connectivity index (χ3v) is 6.08. The molecule has 0 saturated heterocycles. The second-order valence-electron chi connectivity index (χ2n) is 7.23. The highest BCUT2D eigenvalue weighted by atomic mass is 32.1. The lowest BCUT2D eigenvalue weighted by molar-refractivity contribution is 0.0984. The highest BCUT2D eigenvalue weighted by Gasteiger charge is 2.23. The first kappa shape index (κ1) is 22.6. The van der Waals surface area contributed by atoms with E-state index in [-0.39, 0.29) is 5.91 Å². The Morgan fingerprint density at radius 3 is 2.42 bits per heavy atom. The van der Waals surface area contributed by atoms with Gasteiger partial charge in [-0.05, 0) is 55.8 Å². The lowest BCUT2D eigenvalue weighted by Crippen LogP contribution is -2.30. The predicted molar refractivity (Wildman–Crippen MR) is 132 cm³/mol. The van der Waals surface area contributed by atoms with Crippen molar-refractivity contribution in [2.45, 2.75) is 20.4 Å². The summed E-state index contributed by atoms with van der Waals surface area (Å²) in [4.78, 5) is 20.2. The van der Waals surface area contributed by atoms with Gasteiger partial charge in [-0.1, -0.05) is 41.7 Å². The van der Waals surface area contributed by atoms with Crippen molar-refractivity contribution in [3.05, 3.63) is 77.9 Å². The van der Waals surface area contributed by atoms with E-state index in [1.807, 2.05) is 62.4 Å². The molecule has 7 heteroatoms. The van der Waals surface area contributed by atoms with Gasteiger partial charge in [0.25, 0.3) is 5.91 Å². The Morgan fingerprint density at radius 2 is 1.70 bits per heavy atom. The van der Waals surface area contributed by atoms with E-state index in [0.717, 1.165) is 21.5 Å². The molecular formula is C26H26N2O4S.